The summed E-state index contributed by atoms with van der Waals surface area (Å²) in [6, 6.07) is 5.32. The van der Waals surface area contributed by atoms with Gasteiger partial charge in [0.1, 0.15) is 5.01 Å². The minimum Gasteiger partial charge on any atom is -0.245 e. The number of sulfonamides is 1. The van der Waals surface area contributed by atoms with Crippen LogP contribution in [-0.2, 0) is 16.6 Å². The molecule has 4 nitrogen and oxygen atoms in total. The van der Waals surface area contributed by atoms with Gasteiger partial charge in [0.25, 0.3) is 0 Å². The van der Waals surface area contributed by atoms with Crippen LogP contribution in [-0.4, -0.2) is 13.4 Å². The normalized spacial score (nSPS) is 11.8. The molecule has 20 heavy (non-hydrogen) atoms. The molecule has 0 aliphatic carbocycles. The highest BCUT2D eigenvalue weighted by atomic mass is 32.2. The predicted octanol–water partition coefficient (Wildman–Crippen LogP) is 2.86. The van der Waals surface area contributed by atoms with E-state index in [1.54, 1.807) is 19.1 Å². The van der Waals surface area contributed by atoms with Crippen molar-refractivity contribution >= 4 is 21.4 Å². The van der Waals surface area contributed by atoms with E-state index in [9.17, 15) is 8.42 Å². The fourth-order valence-electron chi connectivity index (χ4n) is 1.95. The third-order valence-corrected chi connectivity index (χ3v) is 5.74. The molecule has 1 N–H and O–H groups in total. The lowest BCUT2D eigenvalue weighted by Gasteiger charge is -2.08. The highest BCUT2D eigenvalue weighted by Gasteiger charge is 2.17. The highest BCUT2D eigenvalue weighted by molar-refractivity contribution is 7.89. The van der Waals surface area contributed by atoms with Crippen molar-refractivity contribution in [1.29, 1.82) is 0 Å². The van der Waals surface area contributed by atoms with E-state index in [1.165, 1.54) is 11.3 Å². The van der Waals surface area contributed by atoms with Gasteiger partial charge in [-0.15, -0.1) is 11.3 Å². The van der Waals surface area contributed by atoms with E-state index in [4.69, 9.17) is 0 Å². The quantitative estimate of drug-likeness (QED) is 0.944. The van der Waals surface area contributed by atoms with Crippen molar-refractivity contribution in [3.8, 4) is 0 Å². The zero-order valence-corrected chi connectivity index (χ0v) is 13.7. The summed E-state index contributed by atoms with van der Waals surface area (Å²) in [6.07, 6.45) is 0. The summed E-state index contributed by atoms with van der Waals surface area (Å²) in [5.74, 6) is 0. The topological polar surface area (TPSA) is 59.1 Å². The standard InChI is InChI=1S/C14H18N2O2S2/c1-9-5-6-13(10(2)7-9)20(17,18)15-8-14-16-11(3)12(4)19-14/h5-7,15H,8H2,1-4H3. The zero-order chi connectivity index (χ0) is 14.9. The molecule has 0 aliphatic rings. The molecule has 108 valence electrons. The number of nitrogens with one attached hydrogen (secondary N) is 1. The average molecular weight is 310 g/mol. The van der Waals surface area contributed by atoms with Gasteiger partial charge >= 0.3 is 0 Å². The number of rotatable bonds is 4. The maximum atomic E-state index is 12.3. The van der Waals surface area contributed by atoms with Crippen LogP contribution in [0.3, 0.4) is 0 Å². The number of nitrogens with zero attached hydrogens (tertiary/aromatic N) is 1. The van der Waals surface area contributed by atoms with Gasteiger partial charge in [-0.25, -0.2) is 18.1 Å². The molecule has 2 aromatic rings. The largest absolute Gasteiger partial charge is 0.245 e. The van der Waals surface area contributed by atoms with Gasteiger partial charge in [-0.2, -0.15) is 0 Å². The van der Waals surface area contributed by atoms with Crippen LogP contribution < -0.4 is 4.72 Å². The van der Waals surface area contributed by atoms with Crippen LogP contribution in [0.25, 0.3) is 0 Å². The van der Waals surface area contributed by atoms with Crippen molar-refractivity contribution in [2.24, 2.45) is 0 Å². The van der Waals surface area contributed by atoms with Crippen molar-refractivity contribution in [2.45, 2.75) is 39.1 Å². The molecule has 1 aromatic heterocycles. The lowest BCUT2D eigenvalue weighted by atomic mass is 10.2. The molecule has 6 heteroatoms. The van der Waals surface area contributed by atoms with Crippen LogP contribution in [0.5, 0.6) is 0 Å². The molecule has 0 bridgehead atoms. The first-order chi connectivity index (χ1) is 9.29. The van der Waals surface area contributed by atoms with Gasteiger partial charge in [-0.05, 0) is 39.3 Å². The van der Waals surface area contributed by atoms with Crippen LogP contribution in [0.2, 0.25) is 0 Å². The molecular formula is C14H18N2O2S2. The lowest BCUT2D eigenvalue weighted by molar-refractivity contribution is 0.580. The Kier molecular flexibility index (Phi) is 4.27. The number of hydrogen-bond acceptors (Lipinski definition) is 4. The van der Waals surface area contributed by atoms with E-state index < -0.39 is 10.0 Å². The van der Waals surface area contributed by atoms with Crippen LogP contribution in [0.1, 0.15) is 26.7 Å². The first-order valence-corrected chi connectivity index (χ1v) is 8.59. The first-order valence-electron chi connectivity index (χ1n) is 6.29. The molecule has 0 aliphatic heterocycles. The Morgan fingerprint density at radius 1 is 1.20 bits per heavy atom. The Morgan fingerprint density at radius 2 is 1.90 bits per heavy atom. The molecule has 0 saturated carbocycles. The van der Waals surface area contributed by atoms with Crippen molar-refractivity contribution in [3.05, 3.63) is 44.9 Å². The molecule has 0 spiro atoms. The number of hydrogen-bond donors (Lipinski definition) is 1. The number of aryl methyl sites for hydroxylation is 4. The second-order valence-electron chi connectivity index (χ2n) is 4.84. The van der Waals surface area contributed by atoms with Gasteiger partial charge < -0.3 is 0 Å². The van der Waals surface area contributed by atoms with E-state index in [0.717, 1.165) is 26.7 Å². The summed E-state index contributed by atoms with van der Waals surface area (Å²) in [7, 11) is -3.49. The third kappa shape index (κ3) is 3.26. The van der Waals surface area contributed by atoms with Crippen molar-refractivity contribution in [3.63, 3.8) is 0 Å². The van der Waals surface area contributed by atoms with Crippen LogP contribution in [0.4, 0.5) is 0 Å². The fourth-order valence-corrected chi connectivity index (χ4v) is 4.13. The maximum Gasteiger partial charge on any atom is 0.241 e. The molecule has 0 amide bonds. The first kappa shape index (κ1) is 15.2. The van der Waals surface area contributed by atoms with Crippen LogP contribution in [0.15, 0.2) is 23.1 Å². The second-order valence-corrected chi connectivity index (χ2v) is 7.87. The summed E-state index contributed by atoms with van der Waals surface area (Å²) in [5, 5.41) is 0.785. The van der Waals surface area contributed by atoms with Gasteiger partial charge in [0.05, 0.1) is 17.1 Å². The monoisotopic (exact) mass is 310 g/mol. The summed E-state index contributed by atoms with van der Waals surface area (Å²) >= 11 is 1.52. The highest BCUT2D eigenvalue weighted by Crippen LogP contribution is 2.19. The second kappa shape index (κ2) is 5.63. The molecular weight excluding hydrogens is 292 g/mol. The van der Waals surface area contributed by atoms with E-state index in [-0.39, 0.29) is 6.54 Å². The van der Waals surface area contributed by atoms with Gasteiger partial charge in [0.2, 0.25) is 10.0 Å². The van der Waals surface area contributed by atoms with Gasteiger partial charge in [0.15, 0.2) is 0 Å². The van der Waals surface area contributed by atoms with Crippen molar-refractivity contribution in [1.82, 2.24) is 9.71 Å². The fraction of sp³-hybridized carbons (Fsp3) is 0.357. The Balaban J connectivity index is 2.19. The Morgan fingerprint density at radius 3 is 2.45 bits per heavy atom. The predicted molar refractivity (Wildman–Crippen MR) is 81.5 cm³/mol. The molecule has 0 fully saturated rings. The minimum atomic E-state index is -3.49. The molecule has 0 unspecified atom stereocenters. The molecule has 0 saturated heterocycles. The van der Waals surface area contributed by atoms with E-state index >= 15 is 0 Å². The molecule has 1 heterocycles. The Hall–Kier alpha value is -1.24. The lowest BCUT2D eigenvalue weighted by Crippen LogP contribution is -2.24. The number of benzene rings is 1. The molecule has 0 radical (unpaired) electrons. The van der Waals surface area contributed by atoms with Crippen molar-refractivity contribution in [2.75, 3.05) is 0 Å². The number of thiazole rings is 1. The summed E-state index contributed by atoms with van der Waals surface area (Å²) < 4.78 is 27.2. The van der Waals surface area contributed by atoms with Gasteiger partial charge in [0, 0.05) is 4.88 Å². The van der Waals surface area contributed by atoms with Crippen LogP contribution in [0, 0.1) is 27.7 Å². The zero-order valence-electron chi connectivity index (χ0n) is 12.0. The molecule has 0 atom stereocenters. The molecule has 2 rings (SSSR count). The van der Waals surface area contributed by atoms with E-state index in [0.29, 0.717) is 4.90 Å². The third-order valence-electron chi connectivity index (χ3n) is 3.11. The Labute approximate surface area is 123 Å². The van der Waals surface area contributed by atoms with Crippen LogP contribution >= 0.6 is 11.3 Å². The smallest absolute Gasteiger partial charge is 0.241 e. The minimum absolute atomic E-state index is 0.231. The van der Waals surface area contributed by atoms with E-state index in [2.05, 4.69) is 9.71 Å². The maximum absolute atomic E-state index is 12.3. The molecule has 1 aromatic carbocycles. The Bertz CT molecular complexity index is 714. The SMILES string of the molecule is Cc1ccc(S(=O)(=O)NCc2nc(C)c(C)s2)c(C)c1. The van der Waals surface area contributed by atoms with E-state index in [1.807, 2.05) is 26.8 Å². The van der Waals surface area contributed by atoms with Crippen molar-refractivity contribution < 1.29 is 8.42 Å². The summed E-state index contributed by atoms with van der Waals surface area (Å²) in [6.45, 7) is 7.88. The van der Waals surface area contributed by atoms with Gasteiger partial charge in [-0.3, -0.25) is 0 Å². The summed E-state index contributed by atoms with van der Waals surface area (Å²) in [4.78, 5) is 5.78. The average Bonchev–Trinajstić information content (AvgIpc) is 2.66. The van der Waals surface area contributed by atoms with Gasteiger partial charge in [-0.1, -0.05) is 17.7 Å². The number of aromatic nitrogens is 1. The summed E-state index contributed by atoms with van der Waals surface area (Å²) in [5.41, 5.74) is 2.76.